The van der Waals surface area contributed by atoms with Gasteiger partial charge in [0.05, 0.1) is 6.10 Å². The summed E-state index contributed by atoms with van der Waals surface area (Å²) in [6.07, 6.45) is 46.3. The smallest absolute Gasteiger partial charge is 0.305 e. The van der Waals surface area contributed by atoms with Crippen molar-refractivity contribution in [3.8, 4) is 0 Å². The number of unbranched alkanes of at least 4 members (excludes halogenated alkanes) is 21. The van der Waals surface area contributed by atoms with Crippen molar-refractivity contribution in [3.05, 3.63) is 48.6 Å². The maximum Gasteiger partial charge on any atom is 0.305 e. The van der Waals surface area contributed by atoms with Crippen LogP contribution in [0.5, 0.6) is 0 Å². The van der Waals surface area contributed by atoms with Crippen LogP contribution in [0.3, 0.4) is 0 Å². The van der Waals surface area contributed by atoms with Crippen molar-refractivity contribution in [2.24, 2.45) is 0 Å². The van der Waals surface area contributed by atoms with Crippen LogP contribution in [0.4, 0.5) is 0 Å². The molecule has 0 radical (unpaired) electrons. The molecule has 0 spiro atoms. The van der Waals surface area contributed by atoms with Gasteiger partial charge in [-0.05, 0) is 44.9 Å². The van der Waals surface area contributed by atoms with Gasteiger partial charge < -0.3 is 19.7 Å². The van der Waals surface area contributed by atoms with Crippen molar-refractivity contribution in [2.45, 2.75) is 206 Å². The lowest BCUT2D eigenvalue weighted by Gasteiger charge is -2.12. The van der Waals surface area contributed by atoms with Crippen LogP contribution >= 0.6 is 0 Å². The van der Waals surface area contributed by atoms with E-state index in [-0.39, 0.29) is 31.6 Å². The van der Waals surface area contributed by atoms with E-state index in [1.165, 1.54) is 116 Å². The van der Waals surface area contributed by atoms with Gasteiger partial charge in [0.15, 0.2) is 0 Å². The van der Waals surface area contributed by atoms with Crippen LogP contribution in [-0.2, 0) is 19.1 Å². The van der Waals surface area contributed by atoms with Gasteiger partial charge in [0.2, 0.25) is 0 Å². The Labute approximate surface area is 308 Å². The third kappa shape index (κ3) is 38.6. The maximum absolute atomic E-state index is 12.0. The Bertz CT molecular complexity index is 861. The van der Waals surface area contributed by atoms with Gasteiger partial charge in [0.25, 0.3) is 0 Å². The summed E-state index contributed by atoms with van der Waals surface area (Å²) in [4.78, 5) is 23.9. The number of hydrogen-bond donors (Lipinski definition) is 2. The second kappa shape index (κ2) is 39.6. The molecular weight excluding hydrogens is 624 g/mol. The minimum absolute atomic E-state index is 0.155. The third-order valence-electron chi connectivity index (χ3n) is 8.90. The van der Waals surface area contributed by atoms with Gasteiger partial charge in [0, 0.05) is 12.8 Å². The Kier molecular flexibility index (Phi) is 37.9. The molecule has 0 heterocycles. The molecule has 6 nitrogen and oxygen atoms in total. The van der Waals surface area contributed by atoms with Crippen molar-refractivity contribution in [3.63, 3.8) is 0 Å². The van der Waals surface area contributed by atoms with Crippen molar-refractivity contribution in [2.75, 3.05) is 13.2 Å². The Morgan fingerprint density at radius 3 is 1.48 bits per heavy atom. The summed E-state index contributed by atoms with van der Waals surface area (Å²) in [5.74, 6) is -0.686. The van der Waals surface area contributed by atoms with Crippen LogP contribution in [0.15, 0.2) is 48.6 Å². The number of esters is 2. The van der Waals surface area contributed by atoms with E-state index < -0.39 is 12.2 Å². The van der Waals surface area contributed by atoms with E-state index in [1.54, 1.807) is 6.08 Å². The normalized spacial score (nSPS) is 13.3. The van der Waals surface area contributed by atoms with Gasteiger partial charge >= 0.3 is 11.9 Å². The zero-order chi connectivity index (χ0) is 36.6. The van der Waals surface area contributed by atoms with Gasteiger partial charge in [-0.15, -0.1) is 0 Å². The fourth-order valence-corrected chi connectivity index (χ4v) is 5.69. The quantitative estimate of drug-likeness (QED) is 0.0290. The second-order valence-electron chi connectivity index (χ2n) is 14.0. The third-order valence-corrected chi connectivity index (χ3v) is 8.90. The van der Waals surface area contributed by atoms with Crippen molar-refractivity contribution >= 4 is 11.9 Å². The first-order valence-electron chi connectivity index (χ1n) is 20.8. The molecule has 290 valence electrons. The number of aliphatic hydroxyl groups is 2. The highest BCUT2D eigenvalue weighted by atomic mass is 16.6. The predicted molar refractivity (Wildman–Crippen MR) is 211 cm³/mol. The lowest BCUT2D eigenvalue weighted by molar-refractivity contribution is -0.152. The first-order valence-corrected chi connectivity index (χ1v) is 20.8. The highest BCUT2D eigenvalue weighted by molar-refractivity contribution is 5.69. The Morgan fingerprint density at radius 2 is 0.940 bits per heavy atom. The standard InChI is InChI=1S/C44H78O6/c1-3-5-7-9-11-13-14-15-16-17-18-19-20-21-23-25-29-33-37-43(47)49-39-42(46)40-50-44(48)38-34-30-26-28-32-36-41(45)35-31-27-24-22-12-10-8-6-4-2/h12,22,26-28,31-32,36,41-42,45-46H,3-11,13-21,23-25,29-30,33-35,37-40H2,1-2H3/b22-12-,28-26+,31-27-,36-32-/t41?,42-/m0/s1. The molecule has 0 bridgehead atoms. The molecular formula is C44H78O6. The zero-order valence-corrected chi connectivity index (χ0v) is 32.5. The van der Waals surface area contributed by atoms with Crippen LogP contribution in [0.25, 0.3) is 0 Å². The van der Waals surface area contributed by atoms with E-state index >= 15 is 0 Å². The van der Waals surface area contributed by atoms with Gasteiger partial charge in [-0.1, -0.05) is 184 Å². The van der Waals surface area contributed by atoms with E-state index in [0.29, 0.717) is 25.7 Å². The van der Waals surface area contributed by atoms with E-state index in [4.69, 9.17) is 9.47 Å². The average molecular weight is 703 g/mol. The largest absolute Gasteiger partial charge is 0.463 e. The topological polar surface area (TPSA) is 93.1 Å². The molecule has 0 aliphatic carbocycles. The minimum Gasteiger partial charge on any atom is -0.463 e. The van der Waals surface area contributed by atoms with Crippen LogP contribution in [0.2, 0.25) is 0 Å². The summed E-state index contributed by atoms with van der Waals surface area (Å²) in [7, 11) is 0. The van der Waals surface area contributed by atoms with E-state index in [1.807, 2.05) is 24.3 Å². The van der Waals surface area contributed by atoms with Crippen molar-refractivity contribution < 1.29 is 29.3 Å². The molecule has 0 aromatic heterocycles. The van der Waals surface area contributed by atoms with Gasteiger partial charge in [-0.3, -0.25) is 9.59 Å². The maximum atomic E-state index is 12.0. The zero-order valence-electron chi connectivity index (χ0n) is 32.5. The molecule has 0 rings (SSSR count). The van der Waals surface area contributed by atoms with Crippen LogP contribution < -0.4 is 0 Å². The molecule has 0 aliphatic rings. The monoisotopic (exact) mass is 703 g/mol. The van der Waals surface area contributed by atoms with Gasteiger partial charge in [-0.2, -0.15) is 0 Å². The molecule has 0 aromatic carbocycles. The predicted octanol–water partition coefficient (Wildman–Crippen LogP) is 12.0. The molecule has 0 saturated carbocycles. The summed E-state index contributed by atoms with van der Waals surface area (Å²) in [6, 6.07) is 0. The summed E-state index contributed by atoms with van der Waals surface area (Å²) in [5, 5.41) is 20.0. The molecule has 2 atom stereocenters. The number of carbonyl (C=O) groups excluding carboxylic acids is 2. The Balaban J connectivity index is 3.58. The summed E-state index contributed by atoms with van der Waals surface area (Å²) in [5.41, 5.74) is 0. The lowest BCUT2D eigenvalue weighted by Crippen LogP contribution is -2.25. The lowest BCUT2D eigenvalue weighted by atomic mass is 10.0. The number of allylic oxidation sites excluding steroid dienone is 6. The highest BCUT2D eigenvalue weighted by Crippen LogP contribution is 2.15. The van der Waals surface area contributed by atoms with E-state index in [0.717, 1.165) is 32.1 Å². The van der Waals surface area contributed by atoms with Crippen LogP contribution in [0, 0.1) is 0 Å². The number of ether oxygens (including phenoxy) is 2. The van der Waals surface area contributed by atoms with Crippen LogP contribution in [0.1, 0.15) is 194 Å². The molecule has 50 heavy (non-hydrogen) atoms. The van der Waals surface area contributed by atoms with Crippen molar-refractivity contribution in [1.29, 1.82) is 0 Å². The van der Waals surface area contributed by atoms with Gasteiger partial charge in [0.1, 0.15) is 19.3 Å². The number of hydrogen-bond acceptors (Lipinski definition) is 6. The van der Waals surface area contributed by atoms with E-state index in [2.05, 4.69) is 32.1 Å². The molecule has 6 heteroatoms. The first kappa shape index (κ1) is 47.8. The van der Waals surface area contributed by atoms with Crippen molar-refractivity contribution in [1.82, 2.24) is 0 Å². The molecule has 0 saturated heterocycles. The van der Waals surface area contributed by atoms with E-state index in [9.17, 15) is 19.8 Å². The average Bonchev–Trinajstić information content (AvgIpc) is 3.11. The fourth-order valence-electron chi connectivity index (χ4n) is 5.69. The molecule has 0 aliphatic heterocycles. The molecule has 1 unspecified atom stereocenters. The highest BCUT2D eigenvalue weighted by Gasteiger charge is 2.12. The minimum atomic E-state index is -1.01. The number of carbonyl (C=O) groups is 2. The van der Waals surface area contributed by atoms with Gasteiger partial charge in [-0.25, -0.2) is 0 Å². The molecule has 2 N–H and O–H groups in total. The summed E-state index contributed by atoms with van der Waals surface area (Å²) >= 11 is 0. The molecule has 0 amide bonds. The number of aliphatic hydroxyl groups excluding tert-OH is 2. The number of rotatable bonds is 37. The Morgan fingerprint density at radius 1 is 0.500 bits per heavy atom. The molecule has 0 fully saturated rings. The van der Waals surface area contributed by atoms with Crippen LogP contribution in [-0.4, -0.2) is 47.6 Å². The first-order chi connectivity index (χ1) is 24.5. The fraction of sp³-hybridized carbons (Fsp3) is 0.773. The SMILES string of the molecule is CCCCC/C=C\C/C=C\CC(O)/C=C\C=C\CCCC(=O)OC[C@@H](O)COC(=O)CCCCCCCCCCCCCCCCCCCC. The molecule has 0 aromatic rings. The second-order valence-corrected chi connectivity index (χ2v) is 14.0. The Hall–Kier alpha value is -2.18. The summed E-state index contributed by atoms with van der Waals surface area (Å²) in [6.45, 7) is 4.16. The summed E-state index contributed by atoms with van der Waals surface area (Å²) < 4.78 is 10.3.